The van der Waals surface area contributed by atoms with Crippen LogP contribution in [-0.4, -0.2) is 57.5 Å². The summed E-state index contributed by atoms with van der Waals surface area (Å²) in [4.78, 5) is 25.4. The van der Waals surface area contributed by atoms with Crippen LogP contribution in [-0.2, 0) is 16.8 Å². The highest BCUT2D eigenvalue weighted by atomic mass is 19.1. The minimum Gasteiger partial charge on any atom is -0.384 e. The predicted octanol–water partition coefficient (Wildman–Crippen LogP) is 3.47. The molecular weight excluding hydrogens is 424 g/mol. The molecule has 0 aromatic carbocycles. The first-order chi connectivity index (χ1) is 15.9. The summed E-state index contributed by atoms with van der Waals surface area (Å²) in [6, 6.07) is 7.02. The maximum Gasteiger partial charge on any atom is 0.260 e. The molecule has 1 amide bonds. The van der Waals surface area contributed by atoms with E-state index in [1.165, 1.54) is 12.3 Å². The van der Waals surface area contributed by atoms with Gasteiger partial charge in [-0.05, 0) is 61.4 Å². The molecule has 2 aliphatic heterocycles. The number of nitrogens with zero attached hydrogens (tertiary/aromatic N) is 4. The molecule has 3 aliphatic rings. The van der Waals surface area contributed by atoms with E-state index >= 15 is 4.39 Å². The van der Waals surface area contributed by atoms with Gasteiger partial charge in [-0.2, -0.15) is 0 Å². The van der Waals surface area contributed by atoms with Gasteiger partial charge in [-0.15, -0.1) is 0 Å². The van der Waals surface area contributed by atoms with Crippen molar-refractivity contribution < 1.29 is 13.6 Å². The zero-order valence-corrected chi connectivity index (χ0v) is 18.9. The first-order valence-corrected chi connectivity index (χ1v) is 11.9. The van der Waals surface area contributed by atoms with Crippen LogP contribution in [0.4, 0.5) is 14.6 Å². The average molecular weight is 456 g/mol. The lowest BCUT2D eigenvalue weighted by Crippen LogP contribution is -2.54. The Morgan fingerprint density at radius 2 is 1.79 bits per heavy atom. The Hall–Kier alpha value is -2.61. The number of rotatable bonds is 5. The molecule has 0 spiro atoms. The predicted molar refractivity (Wildman–Crippen MR) is 121 cm³/mol. The molecule has 1 aliphatic carbocycles. The average Bonchev–Trinajstić information content (AvgIpc) is 3.63. The van der Waals surface area contributed by atoms with Gasteiger partial charge in [-0.1, -0.05) is 0 Å². The van der Waals surface area contributed by atoms with Crippen LogP contribution >= 0.6 is 0 Å². The molecule has 4 heterocycles. The van der Waals surface area contributed by atoms with Crippen molar-refractivity contribution in [1.82, 2.24) is 19.8 Å². The molecule has 3 fully saturated rings. The van der Waals surface area contributed by atoms with Crippen molar-refractivity contribution >= 4 is 11.7 Å². The second kappa shape index (κ2) is 8.63. The van der Waals surface area contributed by atoms with Crippen molar-refractivity contribution in [1.29, 1.82) is 0 Å². The van der Waals surface area contributed by atoms with Crippen LogP contribution in [0.3, 0.4) is 0 Å². The number of piperidine rings is 2. The molecule has 0 unspecified atom stereocenters. The van der Waals surface area contributed by atoms with Gasteiger partial charge in [0.15, 0.2) is 5.67 Å². The van der Waals surface area contributed by atoms with Crippen molar-refractivity contribution in [2.75, 3.05) is 31.9 Å². The number of carbonyl (C=O) groups excluding carboxylic acids is 1. The molecular formula is C25H31F2N5O. The molecule has 0 radical (unpaired) electrons. The minimum atomic E-state index is -1.78. The van der Waals surface area contributed by atoms with Crippen LogP contribution in [0.2, 0.25) is 0 Å². The number of halogens is 2. The van der Waals surface area contributed by atoms with Gasteiger partial charge in [-0.25, -0.2) is 13.8 Å². The first kappa shape index (κ1) is 22.2. The van der Waals surface area contributed by atoms with E-state index in [0.717, 1.165) is 36.9 Å². The number of nitrogens with two attached hydrogens (primary N) is 1. The summed E-state index contributed by atoms with van der Waals surface area (Å²) in [5.74, 6) is 0.216. The maximum atomic E-state index is 15.7. The van der Waals surface area contributed by atoms with E-state index in [0.29, 0.717) is 44.5 Å². The molecule has 0 atom stereocenters. The van der Waals surface area contributed by atoms with Crippen molar-refractivity contribution in [3.8, 4) is 0 Å². The number of nitrogen functional groups attached to an aromatic ring is 1. The van der Waals surface area contributed by atoms with Crippen LogP contribution in [0.5, 0.6) is 0 Å². The Kier molecular flexibility index (Phi) is 5.80. The molecule has 2 aromatic rings. The molecule has 2 N–H and O–H groups in total. The molecule has 6 nitrogen and oxygen atoms in total. The third-order valence-corrected chi connectivity index (χ3v) is 7.87. The number of amides is 1. The quantitative estimate of drug-likeness (QED) is 0.747. The highest BCUT2D eigenvalue weighted by Crippen LogP contribution is 2.56. The van der Waals surface area contributed by atoms with Crippen LogP contribution in [0.15, 0.2) is 36.7 Å². The van der Waals surface area contributed by atoms with Crippen molar-refractivity contribution in [3.63, 3.8) is 0 Å². The number of pyridine rings is 2. The van der Waals surface area contributed by atoms with E-state index in [2.05, 4.69) is 14.9 Å². The minimum absolute atomic E-state index is 0.0118. The standard InChI is InChI=1S/C25H31F2N5O/c26-20-1-2-21(30-16-20)24(6-7-24)19-4-11-32(12-5-19)23(33)25(27)8-13-31(14-9-25)17-18-3-10-29-22(28)15-18/h1-3,10,15-16,19H,4-9,11-14,17H2,(H2,28,29). The van der Waals surface area contributed by atoms with E-state index in [1.807, 2.05) is 12.1 Å². The van der Waals surface area contributed by atoms with Crippen LogP contribution in [0, 0.1) is 11.7 Å². The van der Waals surface area contributed by atoms with E-state index in [4.69, 9.17) is 5.73 Å². The number of likely N-dealkylation sites (tertiary alicyclic amines) is 2. The first-order valence-electron chi connectivity index (χ1n) is 11.9. The number of anilines is 1. The lowest BCUT2D eigenvalue weighted by molar-refractivity contribution is -0.149. The van der Waals surface area contributed by atoms with Gasteiger partial charge in [0.25, 0.3) is 5.91 Å². The summed E-state index contributed by atoms with van der Waals surface area (Å²) in [7, 11) is 0. The topological polar surface area (TPSA) is 75.3 Å². The van der Waals surface area contributed by atoms with Crippen LogP contribution in [0.25, 0.3) is 0 Å². The van der Waals surface area contributed by atoms with Crippen molar-refractivity contribution in [2.24, 2.45) is 5.92 Å². The Bertz CT molecular complexity index is 994. The van der Waals surface area contributed by atoms with Gasteiger partial charge in [0.1, 0.15) is 11.6 Å². The van der Waals surface area contributed by atoms with Gasteiger partial charge in [0.2, 0.25) is 0 Å². The zero-order valence-electron chi connectivity index (χ0n) is 18.9. The second-order valence-corrected chi connectivity index (χ2v) is 9.91. The molecule has 0 bridgehead atoms. The van der Waals surface area contributed by atoms with E-state index in [1.54, 1.807) is 17.2 Å². The Balaban J connectivity index is 1.15. The van der Waals surface area contributed by atoms with Crippen molar-refractivity contribution in [2.45, 2.75) is 56.2 Å². The molecule has 2 saturated heterocycles. The lowest BCUT2D eigenvalue weighted by Gasteiger charge is -2.41. The monoisotopic (exact) mass is 455 g/mol. The van der Waals surface area contributed by atoms with Gasteiger partial charge < -0.3 is 10.6 Å². The molecule has 2 aromatic heterocycles. The van der Waals surface area contributed by atoms with Crippen LogP contribution in [0.1, 0.15) is 49.8 Å². The number of alkyl halides is 1. The van der Waals surface area contributed by atoms with Gasteiger partial charge in [-0.3, -0.25) is 14.7 Å². The normalized spacial score (nSPS) is 22.8. The third kappa shape index (κ3) is 4.45. The van der Waals surface area contributed by atoms with Crippen molar-refractivity contribution in [3.05, 3.63) is 53.7 Å². The Morgan fingerprint density at radius 3 is 2.39 bits per heavy atom. The van der Waals surface area contributed by atoms with Gasteiger partial charge in [0, 0.05) is 62.9 Å². The fourth-order valence-corrected chi connectivity index (χ4v) is 5.73. The molecule has 5 rings (SSSR count). The highest BCUT2D eigenvalue weighted by molar-refractivity contribution is 5.85. The van der Waals surface area contributed by atoms with Gasteiger partial charge >= 0.3 is 0 Å². The number of hydrogen-bond donors (Lipinski definition) is 1. The Morgan fingerprint density at radius 1 is 1.06 bits per heavy atom. The number of hydrogen-bond acceptors (Lipinski definition) is 5. The van der Waals surface area contributed by atoms with Gasteiger partial charge in [0.05, 0.1) is 6.20 Å². The summed E-state index contributed by atoms with van der Waals surface area (Å²) < 4.78 is 29.0. The largest absolute Gasteiger partial charge is 0.384 e. The molecule has 1 saturated carbocycles. The highest BCUT2D eigenvalue weighted by Gasteiger charge is 2.53. The fourth-order valence-electron chi connectivity index (χ4n) is 5.73. The summed E-state index contributed by atoms with van der Waals surface area (Å²) in [6.45, 7) is 2.93. The van der Waals surface area contributed by atoms with Crippen LogP contribution < -0.4 is 5.73 Å². The molecule has 33 heavy (non-hydrogen) atoms. The molecule has 176 valence electrons. The summed E-state index contributed by atoms with van der Waals surface area (Å²) >= 11 is 0. The number of aromatic nitrogens is 2. The second-order valence-electron chi connectivity index (χ2n) is 9.91. The summed E-state index contributed by atoms with van der Waals surface area (Å²) in [5, 5.41) is 0. The smallest absolute Gasteiger partial charge is 0.260 e. The van der Waals surface area contributed by atoms with E-state index < -0.39 is 5.67 Å². The lowest BCUT2D eigenvalue weighted by atomic mass is 9.78. The fraction of sp³-hybridized carbons (Fsp3) is 0.560. The number of carbonyl (C=O) groups is 1. The SMILES string of the molecule is Nc1cc(CN2CCC(F)(C(=O)N3CCC(C4(c5ccc(F)cn5)CC4)CC3)CC2)ccn1. The summed E-state index contributed by atoms with van der Waals surface area (Å²) in [5.41, 5.74) is 5.99. The Labute approximate surface area is 193 Å². The summed E-state index contributed by atoms with van der Waals surface area (Å²) in [6.07, 6.45) is 7.20. The maximum absolute atomic E-state index is 15.7. The molecule has 8 heteroatoms. The third-order valence-electron chi connectivity index (χ3n) is 7.87. The zero-order chi connectivity index (χ0) is 23.1. The van der Waals surface area contributed by atoms with E-state index in [-0.39, 0.29) is 30.0 Å². The van der Waals surface area contributed by atoms with E-state index in [9.17, 15) is 9.18 Å².